The van der Waals surface area contributed by atoms with Crippen LogP contribution in [0.3, 0.4) is 0 Å². The van der Waals surface area contributed by atoms with E-state index in [0.717, 1.165) is 16.3 Å². The molecule has 1 N–H and O–H groups in total. The van der Waals surface area contributed by atoms with Gasteiger partial charge >= 0.3 is 0 Å². The molecule has 4 aromatic carbocycles. The molecule has 4 rings (SSSR count). The summed E-state index contributed by atoms with van der Waals surface area (Å²) in [5.74, 6) is -0.585. The first-order valence-corrected chi connectivity index (χ1v) is 12.7. The van der Waals surface area contributed by atoms with Gasteiger partial charge in [-0.2, -0.15) is 0 Å². The monoisotopic (exact) mass is 512 g/mol. The Bertz CT molecular complexity index is 1390. The van der Waals surface area contributed by atoms with Crippen LogP contribution in [0, 0.1) is 5.82 Å². The molecule has 0 spiro atoms. The minimum absolute atomic E-state index is 0.0700. The molecule has 0 aromatic heterocycles. The molecule has 0 heterocycles. The maximum absolute atomic E-state index is 14.7. The van der Waals surface area contributed by atoms with E-state index in [1.54, 1.807) is 18.2 Å². The van der Waals surface area contributed by atoms with E-state index in [9.17, 15) is 14.0 Å². The zero-order valence-corrected chi connectivity index (χ0v) is 22.0. The van der Waals surface area contributed by atoms with E-state index in [-0.39, 0.29) is 25.5 Å². The highest BCUT2D eigenvalue weighted by Gasteiger charge is 2.33. The molecular formula is C32H33FN2O3. The van der Waals surface area contributed by atoms with E-state index >= 15 is 0 Å². The van der Waals surface area contributed by atoms with Gasteiger partial charge in [0.1, 0.15) is 17.6 Å². The third kappa shape index (κ3) is 6.97. The lowest BCUT2D eigenvalue weighted by Gasteiger charge is -2.33. The lowest BCUT2D eigenvalue weighted by molar-refractivity contribution is -0.143. The van der Waals surface area contributed by atoms with Gasteiger partial charge in [0.15, 0.2) is 6.61 Å². The molecule has 0 aliphatic heterocycles. The number of hydrogen-bond donors (Lipinski definition) is 1. The van der Waals surface area contributed by atoms with Gasteiger partial charge in [-0.1, -0.05) is 84.9 Å². The van der Waals surface area contributed by atoms with Gasteiger partial charge in [0.05, 0.1) is 0 Å². The maximum Gasteiger partial charge on any atom is 0.261 e. The molecular weight excluding hydrogens is 479 g/mol. The number of hydrogen-bond acceptors (Lipinski definition) is 3. The van der Waals surface area contributed by atoms with Crippen LogP contribution in [0.1, 0.15) is 31.9 Å². The summed E-state index contributed by atoms with van der Waals surface area (Å²) in [4.78, 5) is 28.8. The molecule has 0 aliphatic carbocycles. The Kier molecular flexibility index (Phi) is 8.41. The number of carbonyl (C=O) groups excluding carboxylic acids is 2. The second-order valence-electron chi connectivity index (χ2n) is 10.3. The molecule has 1 unspecified atom stereocenters. The summed E-state index contributed by atoms with van der Waals surface area (Å²) in [7, 11) is 0. The Labute approximate surface area is 223 Å². The highest BCUT2D eigenvalue weighted by molar-refractivity contribution is 5.90. The van der Waals surface area contributed by atoms with Crippen LogP contribution in [0.5, 0.6) is 5.75 Å². The van der Waals surface area contributed by atoms with Gasteiger partial charge in [-0.15, -0.1) is 0 Å². The largest absolute Gasteiger partial charge is 0.483 e. The first-order valence-electron chi connectivity index (χ1n) is 12.7. The highest BCUT2D eigenvalue weighted by Crippen LogP contribution is 2.25. The topological polar surface area (TPSA) is 58.6 Å². The molecule has 6 heteroatoms. The number of rotatable bonds is 9. The second-order valence-corrected chi connectivity index (χ2v) is 10.3. The molecule has 0 aliphatic rings. The zero-order chi connectivity index (χ0) is 27.1. The first-order chi connectivity index (χ1) is 18.2. The van der Waals surface area contributed by atoms with Crippen molar-refractivity contribution in [2.75, 3.05) is 6.61 Å². The van der Waals surface area contributed by atoms with E-state index in [1.807, 2.05) is 93.6 Å². The van der Waals surface area contributed by atoms with Gasteiger partial charge in [-0.3, -0.25) is 9.59 Å². The van der Waals surface area contributed by atoms with Crippen molar-refractivity contribution >= 4 is 22.6 Å². The minimum atomic E-state index is -0.875. The number of nitrogens with zero attached hydrogens (tertiary/aromatic N) is 1. The van der Waals surface area contributed by atoms with Crippen molar-refractivity contribution in [2.24, 2.45) is 0 Å². The van der Waals surface area contributed by atoms with Crippen LogP contribution < -0.4 is 10.1 Å². The van der Waals surface area contributed by atoms with Crippen LogP contribution in [-0.4, -0.2) is 34.9 Å². The van der Waals surface area contributed by atoms with Crippen LogP contribution in [0.25, 0.3) is 10.8 Å². The fraction of sp³-hybridized carbons (Fsp3) is 0.250. The van der Waals surface area contributed by atoms with Crippen molar-refractivity contribution in [1.82, 2.24) is 10.2 Å². The fourth-order valence-electron chi connectivity index (χ4n) is 4.36. The number of nitrogens with one attached hydrogen (secondary N) is 1. The molecule has 5 nitrogen and oxygen atoms in total. The SMILES string of the molecule is CC(C)(C)NC(=O)C(Cc1ccccc1)N(Cc1ccccc1F)C(=O)COc1cccc2ccccc12. The average molecular weight is 513 g/mol. The lowest BCUT2D eigenvalue weighted by Crippen LogP contribution is -2.55. The van der Waals surface area contributed by atoms with E-state index in [2.05, 4.69) is 5.32 Å². The van der Waals surface area contributed by atoms with Gasteiger partial charge in [0.2, 0.25) is 5.91 Å². The number of ether oxygens (including phenoxy) is 1. The predicted octanol–water partition coefficient (Wildman–Crippen LogP) is 5.91. The van der Waals surface area contributed by atoms with Crippen molar-refractivity contribution < 1.29 is 18.7 Å². The number of halogens is 1. The molecule has 196 valence electrons. The molecule has 0 radical (unpaired) electrons. The second kappa shape index (κ2) is 11.9. The Morgan fingerprint density at radius 2 is 1.53 bits per heavy atom. The third-order valence-electron chi connectivity index (χ3n) is 6.17. The van der Waals surface area contributed by atoms with E-state index < -0.39 is 23.3 Å². The van der Waals surface area contributed by atoms with Crippen molar-refractivity contribution in [3.63, 3.8) is 0 Å². The van der Waals surface area contributed by atoms with E-state index in [0.29, 0.717) is 11.3 Å². The highest BCUT2D eigenvalue weighted by atomic mass is 19.1. The molecule has 1 atom stereocenters. The normalized spacial score (nSPS) is 12.1. The van der Waals surface area contributed by atoms with E-state index in [1.165, 1.54) is 11.0 Å². The summed E-state index contributed by atoms with van der Waals surface area (Å²) < 4.78 is 20.7. The van der Waals surface area contributed by atoms with Crippen molar-refractivity contribution in [1.29, 1.82) is 0 Å². The summed E-state index contributed by atoms with van der Waals surface area (Å²) in [5.41, 5.74) is 0.702. The van der Waals surface area contributed by atoms with Crippen molar-refractivity contribution in [3.05, 3.63) is 114 Å². The lowest BCUT2D eigenvalue weighted by atomic mass is 10.0. The fourth-order valence-corrected chi connectivity index (χ4v) is 4.36. The standard InChI is InChI=1S/C32H33FN2O3/c1-32(2,3)34-31(37)28(20-23-12-5-4-6-13-23)35(21-25-15-8-10-18-27(25)33)30(36)22-38-29-19-11-16-24-14-7-9-17-26(24)29/h4-19,28H,20-22H2,1-3H3,(H,34,37). The summed E-state index contributed by atoms with van der Waals surface area (Å²) >= 11 is 0. The summed E-state index contributed by atoms with van der Waals surface area (Å²) in [6.07, 6.45) is 0.275. The van der Waals surface area contributed by atoms with Crippen molar-refractivity contribution in [2.45, 2.75) is 45.3 Å². The third-order valence-corrected chi connectivity index (χ3v) is 6.17. The molecule has 0 saturated heterocycles. The van der Waals surface area contributed by atoms with Crippen LogP contribution in [0.4, 0.5) is 4.39 Å². The zero-order valence-electron chi connectivity index (χ0n) is 22.0. The molecule has 0 bridgehead atoms. The number of fused-ring (bicyclic) bond motifs is 1. The smallest absolute Gasteiger partial charge is 0.261 e. The quantitative estimate of drug-likeness (QED) is 0.303. The molecule has 0 saturated carbocycles. The van der Waals surface area contributed by atoms with Gasteiger partial charge in [-0.05, 0) is 43.9 Å². The van der Waals surface area contributed by atoms with Crippen LogP contribution in [0.2, 0.25) is 0 Å². The van der Waals surface area contributed by atoms with Crippen LogP contribution >= 0.6 is 0 Å². The minimum Gasteiger partial charge on any atom is -0.483 e. The Balaban J connectivity index is 1.67. The van der Waals surface area contributed by atoms with Gasteiger partial charge in [0.25, 0.3) is 5.91 Å². The number of benzene rings is 4. The summed E-state index contributed by atoms with van der Waals surface area (Å²) in [6, 6.07) is 28.3. The summed E-state index contributed by atoms with van der Waals surface area (Å²) in [5, 5.41) is 4.88. The number of amides is 2. The van der Waals surface area contributed by atoms with Crippen LogP contribution in [-0.2, 0) is 22.6 Å². The molecule has 0 fully saturated rings. The Morgan fingerprint density at radius 3 is 2.26 bits per heavy atom. The Hall–Kier alpha value is -4.19. The molecule has 4 aromatic rings. The van der Waals surface area contributed by atoms with Gasteiger partial charge in [0, 0.05) is 29.5 Å². The molecule has 38 heavy (non-hydrogen) atoms. The van der Waals surface area contributed by atoms with Crippen molar-refractivity contribution in [3.8, 4) is 5.75 Å². The predicted molar refractivity (Wildman–Crippen MR) is 148 cm³/mol. The Morgan fingerprint density at radius 1 is 0.868 bits per heavy atom. The van der Waals surface area contributed by atoms with Gasteiger partial charge in [-0.25, -0.2) is 4.39 Å². The first kappa shape index (κ1) is 26.9. The van der Waals surface area contributed by atoms with Crippen LogP contribution in [0.15, 0.2) is 97.1 Å². The maximum atomic E-state index is 14.7. The number of carbonyl (C=O) groups is 2. The average Bonchev–Trinajstić information content (AvgIpc) is 2.90. The molecule has 2 amide bonds. The summed E-state index contributed by atoms with van der Waals surface area (Å²) in [6.45, 7) is 5.29. The van der Waals surface area contributed by atoms with Gasteiger partial charge < -0.3 is 15.0 Å². The van der Waals surface area contributed by atoms with E-state index in [4.69, 9.17) is 4.74 Å².